The summed E-state index contributed by atoms with van der Waals surface area (Å²) in [6.45, 7) is 3.18. The van der Waals surface area contributed by atoms with Crippen LogP contribution in [0.5, 0.6) is 11.5 Å². The maximum Gasteiger partial charge on any atom is 0.337 e. The number of methoxy groups -OCH3 is 1. The lowest BCUT2D eigenvalue weighted by Crippen LogP contribution is -2.06. The Labute approximate surface area is 156 Å². The number of carbonyl (C=O) groups is 3. The molecule has 6 heteroatoms. The second-order valence-corrected chi connectivity index (χ2v) is 6.16. The van der Waals surface area contributed by atoms with Gasteiger partial charge in [-0.15, -0.1) is 0 Å². The lowest BCUT2D eigenvalue weighted by molar-refractivity contribution is -0.118. The third kappa shape index (κ3) is 3.89. The molecule has 0 amide bonds. The highest BCUT2D eigenvalue weighted by molar-refractivity contribution is 6.15. The Morgan fingerprint density at radius 3 is 2.48 bits per heavy atom. The van der Waals surface area contributed by atoms with Crippen LogP contribution in [0, 0.1) is 6.92 Å². The minimum atomic E-state index is -0.427. The van der Waals surface area contributed by atoms with E-state index in [0.29, 0.717) is 33.8 Å². The number of rotatable bonds is 5. The molecule has 0 bridgehead atoms. The predicted octanol–water partition coefficient (Wildman–Crippen LogP) is 3.37. The summed E-state index contributed by atoms with van der Waals surface area (Å²) in [4.78, 5) is 35.2. The number of Topliss-reactive ketones (excluding diaryl/α,β-unsaturated/α-hetero) is 2. The summed E-state index contributed by atoms with van der Waals surface area (Å²) >= 11 is 0. The summed E-state index contributed by atoms with van der Waals surface area (Å²) < 4.78 is 15.8. The van der Waals surface area contributed by atoms with E-state index in [1.807, 2.05) is 0 Å². The van der Waals surface area contributed by atoms with Crippen LogP contribution in [-0.4, -0.2) is 31.3 Å². The van der Waals surface area contributed by atoms with Gasteiger partial charge in [0.15, 0.2) is 11.5 Å². The molecule has 0 saturated heterocycles. The molecule has 1 heterocycles. The van der Waals surface area contributed by atoms with Crippen molar-refractivity contribution in [1.29, 1.82) is 0 Å². The van der Waals surface area contributed by atoms with Crippen molar-refractivity contribution in [3.05, 3.63) is 64.4 Å². The Bertz CT molecular complexity index is 953. The van der Waals surface area contributed by atoms with E-state index in [0.717, 1.165) is 0 Å². The third-order valence-electron chi connectivity index (χ3n) is 4.02. The minimum absolute atomic E-state index is 0.0403. The van der Waals surface area contributed by atoms with Crippen molar-refractivity contribution < 1.29 is 28.6 Å². The number of benzene rings is 2. The predicted molar refractivity (Wildman–Crippen MR) is 98.1 cm³/mol. The molecule has 2 aromatic carbocycles. The van der Waals surface area contributed by atoms with E-state index in [2.05, 4.69) is 4.74 Å². The smallest absolute Gasteiger partial charge is 0.337 e. The standard InChI is InChI=1S/C21H18O6/c1-12-8-16(26-11-13(2)22)10-17-19(12)20(23)18(27-17)9-14-4-6-15(7-5-14)21(24)25-3/h4-10H,11H2,1-3H3/b18-9-. The zero-order chi connectivity index (χ0) is 19.6. The van der Waals surface area contributed by atoms with Gasteiger partial charge in [-0.2, -0.15) is 0 Å². The molecule has 1 aliphatic heterocycles. The molecule has 27 heavy (non-hydrogen) atoms. The lowest BCUT2D eigenvalue weighted by Gasteiger charge is -2.07. The average Bonchev–Trinajstić information content (AvgIpc) is 2.96. The molecule has 2 aromatic rings. The zero-order valence-electron chi connectivity index (χ0n) is 15.2. The van der Waals surface area contributed by atoms with Crippen LogP contribution in [0.2, 0.25) is 0 Å². The summed E-state index contributed by atoms with van der Waals surface area (Å²) in [5.74, 6) is 0.305. The molecule has 0 saturated carbocycles. The van der Waals surface area contributed by atoms with E-state index < -0.39 is 5.97 Å². The first-order valence-electron chi connectivity index (χ1n) is 8.28. The number of ether oxygens (including phenoxy) is 3. The van der Waals surface area contributed by atoms with Crippen LogP contribution in [-0.2, 0) is 9.53 Å². The van der Waals surface area contributed by atoms with Crippen LogP contribution in [0.3, 0.4) is 0 Å². The number of allylic oxidation sites excluding steroid dienone is 1. The van der Waals surface area contributed by atoms with Gasteiger partial charge >= 0.3 is 5.97 Å². The normalized spacial score (nSPS) is 13.9. The number of fused-ring (bicyclic) bond motifs is 1. The van der Waals surface area contributed by atoms with Crippen LogP contribution < -0.4 is 9.47 Å². The minimum Gasteiger partial charge on any atom is -0.486 e. The molecule has 138 valence electrons. The molecule has 0 N–H and O–H groups in total. The lowest BCUT2D eigenvalue weighted by atomic mass is 10.0. The van der Waals surface area contributed by atoms with Crippen molar-refractivity contribution in [2.24, 2.45) is 0 Å². The number of hydrogen-bond donors (Lipinski definition) is 0. The maximum absolute atomic E-state index is 12.7. The number of esters is 1. The topological polar surface area (TPSA) is 78.9 Å². The fraction of sp³-hybridized carbons (Fsp3) is 0.190. The largest absolute Gasteiger partial charge is 0.486 e. The van der Waals surface area contributed by atoms with Gasteiger partial charge in [0.05, 0.1) is 18.2 Å². The highest BCUT2D eigenvalue weighted by Crippen LogP contribution is 2.37. The van der Waals surface area contributed by atoms with Crippen molar-refractivity contribution in [2.75, 3.05) is 13.7 Å². The van der Waals surface area contributed by atoms with Gasteiger partial charge in [-0.3, -0.25) is 9.59 Å². The maximum atomic E-state index is 12.7. The summed E-state index contributed by atoms with van der Waals surface area (Å²) in [6.07, 6.45) is 1.61. The van der Waals surface area contributed by atoms with Crippen molar-refractivity contribution >= 4 is 23.6 Å². The van der Waals surface area contributed by atoms with E-state index in [-0.39, 0.29) is 23.9 Å². The third-order valence-corrected chi connectivity index (χ3v) is 4.02. The van der Waals surface area contributed by atoms with Crippen molar-refractivity contribution in [3.8, 4) is 11.5 Å². The van der Waals surface area contributed by atoms with Crippen LogP contribution in [0.15, 0.2) is 42.2 Å². The molecule has 0 aromatic heterocycles. The zero-order valence-corrected chi connectivity index (χ0v) is 15.2. The van der Waals surface area contributed by atoms with Gasteiger partial charge in [0.2, 0.25) is 5.78 Å². The highest BCUT2D eigenvalue weighted by Gasteiger charge is 2.30. The van der Waals surface area contributed by atoms with Gasteiger partial charge in [-0.05, 0) is 49.2 Å². The van der Waals surface area contributed by atoms with Gasteiger partial charge in [0.1, 0.15) is 18.1 Å². The van der Waals surface area contributed by atoms with Crippen molar-refractivity contribution in [3.63, 3.8) is 0 Å². The van der Waals surface area contributed by atoms with Crippen LogP contribution in [0.4, 0.5) is 0 Å². The molecule has 6 nitrogen and oxygen atoms in total. The second kappa shape index (κ2) is 7.45. The molecular weight excluding hydrogens is 348 g/mol. The number of hydrogen-bond acceptors (Lipinski definition) is 6. The molecule has 1 aliphatic rings. The Hall–Kier alpha value is -3.41. The average molecular weight is 366 g/mol. The van der Waals surface area contributed by atoms with Crippen LogP contribution in [0.25, 0.3) is 6.08 Å². The van der Waals surface area contributed by atoms with E-state index in [1.165, 1.54) is 14.0 Å². The quantitative estimate of drug-likeness (QED) is 0.596. The Kier molecular flexibility index (Phi) is 5.07. The molecule has 0 atom stereocenters. The van der Waals surface area contributed by atoms with Gasteiger partial charge in [-0.25, -0.2) is 4.79 Å². The fourth-order valence-corrected chi connectivity index (χ4v) is 2.73. The molecule has 0 spiro atoms. The monoisotopic (exact) mass is 366 g/mol. The summed E-state index contributed by atoms with van der Waals surface area (Å²) in [5, 5.41) is 0. The SMILES string of the molecule is COC(=O)c1ccc(/C=C2\Oc3cc(OCC(C)=O)cc(C)c3C2=O)cc1. The molecule has 0 fully saturated rings. The van der Waals surface area contributed by atoms with Crippen molar-refractivity contribution in [2.45, 2.75) is 13.8 Å². The summed E-state index contributed by atoms with van der Waals surface area (Å²) in [7, 11) is 1.32. The molecule has 0 aliphatic carbocycles. The first-order valence-corrected chi connectivity index (χ1v) is 8.28. The number of ketones is 2. The van der Waals surface area contributed by atoms with Crippen LogP contribution in [0.1, 0.15) is 38.8 Å². The Morgan fingerprint density at radius 1 is 1.15 bits per heavy atom. The van der Waals surface area contributed by atoms with E-state index >= 15 is 0 Å². The fourth-order valence-electron chi connectivity index (χ4n) is 2.73. The van der Waals surface area contributed by atoms with Gasteiger partial charge in [-0.1, -0.05) is 12.1 Å². The van der Waals surface area contributed by atoms with Gasteiger partial charge in [0.25, 0.3) is 0 Å². The summed E-state index contributed by atoms with van der Waals surface area (Å²) in [5.41, 5.74) is 2.32. The van der Waals surface area contributed by atoms with E-state index in [9.17, 15) is 14.4 Å². The first-order chi connectivity index (χ1) is 12.9. The van der Waals surface area contributed by atoms with Crippen molar-refractivity contribution in [1.82, 2.24) is 0 Å². The Morgan fingerprint density at radius 2 is 1.85 bits per heavy atom. The molecular formula is C21H18O6. The van der Waals surface area contributed by atoms with E-state index in [4.69, 9.17) is 9.47 Å². The number of aryl methyl sites for hydroxylation is 1. The molecule has 0 radical (unpaired) electrons. The second-order valence-electron chi connectivity index (χ2n) is 6.16. The van der Waals surface area contributed by atoms with E-state index in [1.54, 1.807) is 49.4 Å². The Balaban J connectivity index is 1.85. The highest BCUT2D eigenvalue weighted by atomic mass is 16.5. The molecule has 3 rings (SSSR count). The first kappa shape index (κ1) is 18.4. The number of carbonyl (C=O) groups excluding carboxylic acids is 3. The van der Waals surface area contributed by atoms with Gasteiger partial charge < -0.3 is 14.2 Å². The summed E-state index contributed by atoms with van der Waals surface area (Å²) in [6, 6.07) is 9.94. The molecule has 0 unspecified atom stereocenters. The van der Waals surface area contributed by atoms with Gasteiger partial charge in [0, 0.05) is 6.07 Å². The van der Waals surface area contributed by atoms with Crippen LogP contribution >= 0.6 is 0 Å².